The van der Waals surface area contributed by atoms with Gasteiger partial charge in [0.25, 0.3) is 0 Å². The number of methoxy groups -OCH3 is 2. The van der Waals surface area contributed by atoms with Gasteiger partial charge in [-0.3, -0.25) is 0 Å². The molecule has 42 heavy (non-hydrogen) atoms. The van der Waals surface area contributed by atoms with Gasteiger partial charge < -0.3 is 9.47 Å². The molecule has 0 N–H and O–H groups in total. The van der Waals surface area contributed by atoms with Crippen LogP contribution in [0.25, 0.3) is 5.57 Å². The van der Waals surface area contributed by atoms with E-state index >= 15 is 0 Å². The van der Waals surface area contributed by atoms with Crippen LogP contribution < -0.4 is 9.47 Å². The summed E-state index contributed by atoms with van der Waals surface area (Å²) in [7, 11) is -5.64. The number of sulfone groups is 2. The van der Waals surface area contributed by atoms with E-state index in [1.165, 1.54) is 24.3 Å². The van der Waals surface area contributed by atoms with Gasteiger partial charge in [-0.1, -0.05) is 73.3 Å². The summed E-state index contributed by atoms with van der Waals surface area (Å²) in [4.78, 5) is -0.0169. The second-order valence-corrected chi connectivity index (χ2v) is 15.7. The molecule has 0 aromatic heterocycles. The molecule has 4 aromatic rings. The quantitative estimate of drug-likeness (QED) is 0.240. The molecule has 1 saturated carbocycles. The second kappa shape index (κ2) is 10.4. The molecule has 0 radical (unpaired) electrons. The number of hydrogen-bond acceptors (Lipinski definition) is 6. The fraction of sp³-hybridized carbons (Fsp3) is 0.235. The maximum Gasteiger partial charge on any atom is 0.198 e. The second-order valence-electron chi connectivity index (χ2n) is 10.9. The molecule has 0 unspecified atom stereocenters. The molecule has 6 nitrogen and oxygen atoms in total. The van der Waals surface area contributed by atoms with E-state index in [1.807, 2.05) is 42.5 Å². The number of benzene rings is 4. The SMILES string of the molecule is C=C1c2cc(OC)c(OC)cc2[C@H](c2ccccc2)[C@@H]2CC(S(=O)(=O)c3ccccc3)(S(=O)(=O)c3ccccc3)C[C@@H]12. The van der Waals surface area contributed by atoms with E-state index in [0.717, 1.165) is 16.7 Å². The molecule has 6 rings (SSSR count). The fourth-order valence-corrected chi connectivity index (χ4v) is 12.2. The molecule has 2 aliphatic carbocycles. The first-order valence-corrected chi connectivity index (χ1v) is 16.7. The van der Waals surface area contributed by atoms with Crippen molar-refractivity contribution >= 4 is 25.2 Å². The predicted molar refractivity (Wildman–Crippen MR) is 163 cm³/mol. The zero-order valence-electron chi connectivity index (χ0n) is 23.4. The van der Waals surface area contributed by atoms with Gasteiger partial charge in [-0.25, -0.2) is 16.8 Å². The molecule has 8 heteroatoms. The Balaban J connectivity index is 1.62. The number of hydrogen-bond donors (Lipinski definition) is 0. The first-order chi connectivity index (χ1) is 20.2. The van der Waals surface area contributed by atoms with E-state index in [9.17, 15) is 16.8 Å². The summed E-state index contributed by atoms with van der Waals surface area (Å²) < 4.78 is 67.9. The molecule has 0 amide bonds. The fourth-order valence-electron chi connectivity index (χ4n) is 6.96. The van der Waals surface area contributed by atoms with Crippen molar-refractivity contribution in [2.45, 2.75) is 32.6 Å². The van der Waals surface area contributed by atoms with Crippen molar-refractivity contribution in [1.82, 2.24) is 0 Å². The highest BCUT2D eigenvalue weighted by Crippen LogP contribution is 2.63. The topological polar surface area (TPSA) is 86.7 Å². The lowest BCUT2D eigenvalue weighted by molar-refractivity contribution is 0.350. The van der Waals surface area contributed by atoms with Crippen molar-refractivity contribution in [2.75, 3.05) is 14.2 Å². The summed E-state index contributed by atoms with van der Waals surface area (Å²) in [5.41, 5.74) is 3.41. The summed E-state index contributed by atoms with van der Waals surface area (Å²) >= 11 is 0. The van der Waals surface area contributed by atoms with Crippen LogP contribution in [0.1, 0.15) is 35.4 Å². The minimum absolute atomic E-state index is 0.00845. The number of fused-ring (bicyclic) bond motifs is 2. The van der Waals surface area contributed by atoms with E-state index in [2.05, 4.69) is 6.58 Å². The molecular weight excluding hydrogens is 569 g/mol. The Bertz CT molecular complexity index is 1780. The van der Waals surface area contributed by atoms with Gasteiger partial charge in [0.05, 0.1) is 24.0 Å². The smallest absolute Gasteiger partial charge is 0.198 e. The van der Waals surface area contributed by atoms with Crippen molar-refractivity contribution < 1.29 is 26.3 Å². The summed E-state index contributed by atoms with van der Waals surface area (Å²) in [6.07, 6.45) is -0.194. The summed E-state index contributed by atoms with van der Waals surface area (Å²) in [5, 5.41) is 0. The minimum Gasteiger partial charge on any atom is -0.493 e. The summed E-state index contributed by atoms with van der Waals surface area (Å²) in [6.45, 7) is 4.45. The number of ether oxygens (including phenoxy) is 2. The lowest BCUT2D eigenvalue weighted by Crippen LogP contribution is -2.44. The molecule has 0 bridgehead atoms. The van der Waals surface area contributed by atoms with Crippen LogP contribution in [0, 0.1) is 11.8 Å². The van der Waals surface area contributed by atoms with Crippen molar-refractivity contribution in [2.24, 2.45) is 11.8 Å². The average molecular weight is 601 g/mol. The van der Waals surface area contributed by atoms with Crippen molar-refractivity contribution in [1.29, 1.82) is 0 Å². The highest BCUT2D eigenvalue weighted by atomic mass is 32.3. The van der Waals surface area contributed by atoms with Crippen LogP contribution in [0.5, 0.6) is 11.5 Å². The molecule has 3 atom stereocenters. The molecule has 4 aromatic carbocycles. The molecule has 0 saturated heterocycles. The average Bonchev–Trinajstić information content (AvgIpc) is 3.45. The Morgan fingerprint density at radius 1 is 0.690 bits per heavy atom. The van der Waals surface area contributed by atoms with E-state index in [4.69, 9.17) is 9.47 Å². The zero-order chi connectivity index (χ0) is 29.7. The van der Waals surface area contributed by atoms with Gasteiger partial charge >= 0.3 is 0 Å². The van der Waals surface area contributed by atoms with Gasteiger partial charge in [0, 0.05) is 5.92 Å². The molecule has 1 fully saturated rings. The van der Waals surface area contributed by atoms with Crippen LogP contribution in [-0.4, -0.2) is 35.1 Å². The Kier molecular flexibility index (Phi) is 7.02. The third kappa shape index (κ3) is 4.11. The molecule has 0 heterocycles. The van der Waals surface area contributed by atoms with Crippen molar-refractivity contribution in [3.8, 4) is 11.5 Å². The Morgan fingerprint density at radius 3 is 1.67 bits per heavy atom. The minimum atomic E-state index is -4.38. The van der Waals surface area contributed by atoms with Crippen LogP contribution in [0.2, 0.25) is 0 Å². The molecular formula is C34H32O6S2. The molecule has 0 spiro atoms. The molecule has 216 valence electrons. The van der Waals surface area contributed by atoms with Gasteiger partial charge in [-0.05, 0) is 83.3 Å². The number of allylic oxidation sites excluding steroid dienone is 1. The Morgan fingerprint density at radius 2 is 1.17 bits per heavy atom. The lowest BCUT2D eigenvalue weighted by atomic mass is 9.66. The first-order valence-electron chi connectivity index (χ1n) is 13.8. The van der Waals surface area contributed by atoms with Gasteiger partial charge in [-0.15, -0.1) is 0 Å². The van der Waals surface area contributed by atoms with Crippen molar-refractivity contribution in [3.05, 3.63) is 126 Å². The highest BCUT2D eigenvalue weighted by molar-refractivity contribution is 8.10. The first kappa shape index (κ1) is 28.2. The predicted octanol–water partition coefficient (Wildman–Crippen LogP) is 6.53. The zero-order valence-corrected chi connectivity index (χ0v) is 25.1. The van der Waals surface area contributed by atoms with E-state index in [1.54, 1.807) is 50.6 Å². The highest BCUT2D eigenvalue weighted by Gasteiger charge is 2.65. The van der Waals surface area contributed by atoms with Gasteiger partial charge in [0.2, 0.25) is 0 Å². The monoisotopic (exact) mass is 600 g/mol. The number of rotatable bonds is 7. The lowest BCUT2D eigenvalue weighted by Gasteiger charge is -2.38. The maximum absolute atomic E-state index is 14.7. The maximum atomic E-state index is 14.7. The Hall–Kier alpha value is -3.88. The van der Waals surface area contributed by atoms with E-state index in [0.29, 0.717) is 17.1 Å². The van der Waals surface area contributed by atoms with Gasteiger partial charge in [-0.2, -0.15) is 0 Å². The van der Waals surface area contributed by atoms with Gasteiger partial charge in [0.15, 0.2) is 35.3 Å². The molecule has 2 aliphatic rings. The van der Waals surface area contributed by atoms with E-state index in [-0.39, 0.29) is 34.5 Å². The van der Waals surface area contributed by atoms with Crippen LogP contribution >= 0.6 is 0 Å². The third-order valence-corrected chi connectivity index (χ3v) is 14.7. The van der Waals surface area contributed by atoms with E-state index < -0.39 is 29.7 Å². The normalized spacial score (nSPS) is 21.3. The summed E-state index contributed by atoms with van der Waals surface area (Å²) in [5.74, 6) is -0.00201. The largest absolute Gasteiger partial charge is 0.493 e. The van der Waals surface area contributed by atoms with Crippen LogP contribution in [0.15, 0.2) is 119 Å². The summed E-state index contributed by atoms with van der Waals surface area (Å²) in [6, 6.07) is 29.5. The third-order valence-electron chi connectivity index (χ3n) is 8.95. The van der Waals surface area contributed by atoms with Crippen LogP contribution in [0.3, 0.4) is 0 Å². The van der Waals surface area contributed by atoms with Crippen LogP contribution in [0.4, 0.5) is 0 Å². The van der Waals surface area contributed by atoms with Crippen molar-refractivity contribution in [3.63, 3.8) is 0 Å². The van der Waals surface area contributed by atoms with Crippen LogP contribution in [-0.2, 0) is 19.7 Å². The Labute approximate surface area is 247 Å². The van der Waals surface area contributed by atoms with Gasteiger partial charge in [0.1, 0.15) is 0 Å². The molecule has 0 aliphatic heterocycles. The standard InChI is InChI=1S/C34H32O6S2/c1-23-27-19-31(39-2)32(40-3)20-28(27)33(24-13-7-4-8-14-24)30-22-34(21-29(23)30,41(35,36)25-15-9-5-10-16-25)42(37,38)26-17-11-6-12-18-26/h4-20,29-30,33H,1,21-22H2,2-3H3/t29-,30+,33-/m0/s1.